The molecule has 0 saturated carbocycles. The van der Waals surface area contributed by atoms with E-state index in [4.69, 9.17) is 9.84 Å². The van der Waals surface area contributed by atoms with Crippen molar-refractivity contribution in [3.8, 4) is 0 Å². The zero-order chi connectivity index (χ0) is 19.1. The lowest BCUT2D eigenvalue weighted by Gasteiger charge is -2.04. The van der Waals surface area contributed by atoms with Crippen molar-refractivity contribution >= 4 is 5.97 Å². The van der Waals surface area contributed by atoms with Gasteiger partial charge in [0.05, 0.1) is 0 Å². The molecule has 0 fully saturated rings. The maximum absolute atomic E-state index is 11.5. The van der Waals surface area contributed by atoms with Crippen LogP contribution in [0.15, 0.2) is 12.5 Å². The fraction of sp³-hybridized carbons (Fsp3) is 0.812. The molecular weight excluding hydrogens is 352 g/mol. The zero-order valence-corrected chi connectivity index (χ0v) is 15.3. The summed E-state index contributed by atoms with van der Waals surface area (Å²) < 4.78 is 4.94. The van der Waals surface area contributed by atoms with E-state index in [0.717, 1.165) is 25.5 Å². The Hall–Kier alpha value is -1.43. The van der Waals surface area contributed by atoms with E-state index in [9.17, 15) is 4.79 Å². The molecule has 0 rings (SSSR count). The van der Waals surface area contributed by atoms with Crippen LogP contribution in [0.1, 0.15) is 71.1 Å². The van der Waals surface area contributed by atoms with Gasteiger partial charge in [0.1, 0.15) is 19.5 Å². The van der Waals surface area contributed by atoms with E-state index in [-0.39, 0.29) is 19.2 Å². The Labute approximate surface area is 153 Å². The Bertz CT molecular complexity index is 324. The van der Waals surface area contributed by atoms with Crippen LogP contribution in [0.25, 0.3) is 0 Å². The summed E-state index contributed by atoms with van der Waals surface area (Å²) in [7, 11) is 0. The van der Waals surface area contributed by atoms with Crippen LogP contribution >= 0.6 is 0 Å². The highest BCUT2D eigenvalue weighted by Crippen LogP contribution is 2.10. The first-order valence-electron chi connectivity index (χ1n) is 8.87. The highest BCUT2D eigenvalue weighted by Gasteiger charge is 2.03. The second-order valence-corrected chi connectivity index (χ2v) is 5.34. The summed E-state index contributed by atoms with van der Waals surface area (Å²) >= 11 is 0. The number of unbranched alkanes of at least 4 members (excludes halogenated alkanes) is 8. The first-order chi connectivity index (χ1) is 12.8. The van der Waals surface area contributed by atoms with Gasteiger partial charge in [0.15, 0.2) is 6.26 Å². The molecule has 0 aliphatic carbocycles. The van der Waals surface area contributed by atoms with E-state index in [0.29, 0.717) is 12.7 Å². The van der Waals surface area contributed by atoms with E-state index < -0.39 is 0 Å². The number of ether oxygens (including phenoxy) is 1. The van der Waals surface area contributed by atoms with Crippen LogP contribution in [0.5, 0.6) is 0 Å². The van der Waals surface area contributed by atoms with Crippen LogP contribution in [0, 0.1) is 0 Å². The highest BCUT2D eigenvalue weighted by molar-refractivity contribution is 5.69. The van der Waals surface area contributed by atoms with Crippen molar-refractivity contribution in [2.24, 2.45) is 0 Å². The molecule has 0 amide bonds. The maximum atomic E-state index is 11.5. The van der Waals surface area contributed by atoms with Crippen LogP contribution in [-0.4, -0.2) is 24.3 Å². The quantitative estimate of drug-likeness (QED) is 0.109. The van der Waals surface area contributed by atoms with Gasteiger partial charge >= 0.3 is 5.97 Å². The number of hydrogen-bond donors (Lipinski definition) is 1. The van der Waals surface area contributed by atoms with Gasteiger partial charge in [-0.15, -0.1) is 0 Å². The lowest BCUT2D eigenvalue weighted by atomic mass is 10.1. The molecule has 0 unspecified atom stereocenters. The Balaban J connectivity index is 3.15. The largest absolute Gasteiger partial charge is 0.512 e. The highest BCUT2D eigenvalue weighted by atomic mass is 17.9. The molecule has 1 N–H and O–H groups in total. The van der Waals surface area contributed by atoms with Crippen molar-refractivity contribution in [1.29, 1.82) is 0 Å². The van der Waals surface area contributed by atoms with E-state index in [1.54, 1.807) is 0 Å². The van der Waals surface area contributed by atoms with Crippen LogP contribution in [0.3, 0.4) is 0 Å². The van der Waals surface area contributed by atoms with E-state index >= 15 is 0 Å². The predicted molar refractivity (Wildman–Crippen MR) is 87.0 cm³/mol. The SMILES string of the molecule is CCCCCCCCCCCC(=O)OCCOOOOOOO/C=C\O. The Morgan fingerprint density at radius 2 is 1.42 bits per heavy atom. The van der Waals surface area contributed by atoms with Crippen molar-refractivity contribution in [2.75, 3.05) is 13.2 Å². The lowest BCUT2D eigenvalue weighted by molar-refractivity contribution is -0.786. The van der Waals surface area contributed by atoms with Gasteiger partial charge in [-0.2, -0.15) is 0 Å². The third kappa shape index (κ3) is 20.6. The number of hydrogen-bond acceptors (Lipinski definition) is 10. The lowest BCUT2D eigenvalue weighted by Crippen LogP contribution is -2.11. The molecule has 0 radical (unpaired) electrons. The van der Waals surface area contributed by atoms with Crippen LogP contribution in [0.2, 0.25) is 0 Å². The van der Waals surface area contributed by atoms with Gasteiger partial charge in [0.2, 0.25) is 0 Å². The fourth-order valence-corrected chi connectivity index (χ4v) is 1.99. The van der Waals surface area contributed by atoms with E-state index in [2.05, 4.69) is 41.9 Å². The topological polar surface area (TPSA) is 111 Å². The number of esters is 1. The summed E-state index contributed by atoms with van der Waals surface area (Å²) in [6.45, 7) is 2.17. The fourth-order valence-electron chi connectivity index (χ4n) is 1.99. The molecule has 0 aliphatic rings. The average molecular weight is 382 g/mol. The molecule has 154 valence electrons. The van der Waals surface area contributed by atoms with Gasteiger partial charge in [-0.3, -0.25) is 4.79 Å². The number of carbonyl (C=O) groups is 1. The predicted octanol–water partition coefficient (Wildman–Crippen LogP) is 4.09. The molecular formula is C16H30O10. The van der Waals surface area contributed by atoms with E-state index in [1.165, 1.54) is 38.5 Å². The first-order valence-corrected chi connectivity index (χ1v) is 8.87. The van der Waals surface area contributed by atoms with Crippen molar-refractivity contribution in [1.82, 2.24) is 0 Å². The van der Waals surface area contributed by atoms with Crippen LogP contribution in [0.4, 0.5) is 0 Å². The van der Waals surface area contributed by atoms with Gasteiger partial charge in [0.25, 0.3) is 0 Å². The maximum Gasteiger partial charge on any atom is 0.305 e. The summed E-state index contributed by atoms with van der Waals surface area (Å²) in [5.41, 5.74) is 0. The molecule has 0 saturated heterocycles. The minimum Gasteiger partial charge on any atom is -0.512 e. The zero-order valence-electron chi connectivity index (χ0n) is 15.3. The number of aliphatic hydroxyl groups is 1. The Kier molecular flexibility index (Phi) is 20.4. The standard InChI is InChI=1S/C16H30O10/c1-2-3-4-5-6-7-8-9-10-11-16(18)19-14-15-21-23-25-26-24-22-20-13-12-17/h12-13,17H,2-11,14-15H2,1H3/b13-12-. The molecule has 0 aliphatic heterocycles. The van der Waals surface area contributed by atoms with Crippen molar-refractivity contribution < 1.29 is 49.6 Å². The number of carbonyl (C=O) groups excluding carboxylic acids is 1. The van der Waals surface area contributed by atoms with Gasteiger partial charge in [-0.1, -0.05) is 58.3 Å². The molecule has 10 nitrogen and oxygen atoms in total. The minimum atomic E-state index is -0.278. The van der Waals surface area contributed by atoms with Crippen LogP contribution in [-0.2, 0) is 44.5 Å². The molecule has 0 spiro atoms. The molecule has 26 heavy (non-hydrogen) atoms. The average Bonchev–Trinajstić information content (AvgIpc) is 2.64. The molecule has 10 heteroatoms. The van der Waals surface area contributed by atoms with Crippen molar-refractivity contribution in [3.63, 3.8) is 0 Å². The second kappa shape index (κ2) is 21.6. The summed E-state index contributed by atoms with van der Waals surface area (Å²) in [5.74, 6) is -0.278. The molecule has 0 aromatic heterocycles. The first kappa shape index (κ1) is 24.6. The summed E-state index contributed by atoms with van der Waals surface area (Å²) in [4.78, 5) is 19.9. The monoisotopic (exact) mass is 382 g/mol. The molecule has 0 bridgehead atoms. The third-order valence-corrected chi connectivity index (χ3v) is 3.23. The molecule has 0 atom stereocenters. The Morgan fingerprint density at radius 3 is 2.12 bits per heavy atom. The summed E-state index contributed by atoms with van der Waals surface area (Å²) in [6.07, 6.45) is 12.4. The third-order valence-electron chi connectivity index (χ3n) is 3.23. The van der Waals surface area contributed by atoms with E-state index in [1.807, 2.05) is 0 Å². The molecule has 0 heterocycles. The summed E-state index contributed by atoms with van der Waals surface area (Å²) in [6, 6.07) is 0. The smallest absolute Gasteiger partial charge is 0.305 e. The Morgan fingerprint density at radius 1 is 0.808 bits per heavy atom. The normalized spacial score (nSPS) is 11.1. The van der Waals surface area contributed by atoms with Gasteiger partial charge in [-0.25, -0.2) is 4.89 Å². The van der Waals surface area contributed by atoms with Gasteiger partial charge in [0, 0.05) is 21.5 Å². The molecule has 0 aromatic rings. The van der Waals surface area contributed by atoms with Crippen LogP contribution < -0.4 is 0 Å². The minimum absolute atomic E-state index is 0.0153. The number of aliphatic hydroxyl groups excluding tert-OH is 1. The number of rotatable bonds is 20. The summed E-state index contributed by atoms with van der Waals surface area (Å²) in [5, 5.41) is 27.5. The van der Waals surface area contributed by atoms with Crippen molar-refractivity contribution in [2.45, 2.75) is 71.1 Å². The van der Waals surface area contributed by atoms with Gasteiger partial charge < -0.3 is 14.7 Å². The van der Waals surface area contributed by atoms with Crippen molar-refractivity contribution in [3.05, 3.63) is 12.5 Å². The second-order valence-electron chi connectivity index (χ2n) is 5.34. The van der Waals surface area contributed by atoms with Gasteiger partial charge in [-0.05, 0) is 16.5 Å². The molecule has 0 aromatic carbocycles.